The number of carbonyl (C=O) groups excluding carboxylic acids is 2. The number of amides is 2. The molecule has 2 N–H and O–H groups in total. The summed E-state index contributed by atoms with van der Waals surface area (Å²) in [6.45, 7) is 3.44. The predicted octanol–water partition coefficient (Wildman–Crippen LogP) is 3.59. The molecule has 0 aliphatic rings. The average Bonchev–Trinajstić information content (AvgIpc) is 2.62. The monoisotopic (exact) mass is 317 g/mol. The molecule has 3 aromatic rings. The molecular weight excluding hydrogens is 302 g/mol. The van der Waals surface area contributed by atoms with E-state index in [4.69, 9.17) is 0 Å². The number of nitrogens with one attached hydrogen (secondary N) is 2. The fourth-order valence-electron chi connectivity index (χ4n) is 2.48. The molecule has 5 nitrogen and oxygen atoms in total. The van der Waals surface area contributed by atoms with Crippen LogP contribution in [-0.2, 0) is 9.59 Å². The third kappa shape index (κ3) is 3.15. The van der Waals surface area contributed by atoms with Gasteiger partial charge in [-0.05, 0) is 47.5 Å². The van der Waals surface area contributed by atoms with E-state index in [2.05, 4.69) is 22.2 Å². The maximum atomic E-state index is 11.4. The van der Waals surface area contributed by atoms with Gasteiger partial charge in [0.1, 0.15) is 0 Å². The molecule has 3 rings (SSSR count). The molecule has 118 valence electrons. The third-order valence-corrected chi connectivity index (χ3v) is 3.60. The first kappa shape index (κ1) is 15.4. The van der Waals surface area contributed by atoms with Gasteiger partial charge in [0.2, 0.25) is 12.3 Å². The highest BCUT2D eigenvalue weighted by Crippen LogP contribution is 2.29. The van der Waals surface area contributed by atoms with Crippen LogP contribution < -0.4 is 10.6 Å². The number of anilines is 2. The molecule has 0 fully saturated rings. The first-order valence-electron chi connectivity index (χ1n) is 7.34. The Labute approximate surface area is 139 Å². The molecule has 0 unspecified atom stereocenters. The zero-order valence-electron chi connectivity index (χ0n) is 12.8. The van der Waals surface area contributed by atoms with Crippen molar-refractivity contribution in [2.45, 2.75) is 0 Å². The summed E-state index contributed by atoms with van der Waals surface area (Å²) >= 11 is 0. The van der Waals surface area contributed by atoms with E-state index < -0.39 is 0 Å². The molecule has 0 radical (unpaired) electrons. The summed E-state index contributed by atoms with van der Waals surface area (Å²) in [7, 11) is 0. The van der Waals surface area contributed by atoms with Gasteiger partial charge >= 0.3 is 0 Å². The van der Waals surface area contributed by atoms with Crippen molar-refractivity contribution in [3.8, 4) is 11.1 Å². The second-order valence-electron chi connectivity index (χ2n) is 5.13. The fourth-order valence-corrected chi connectivity index (χ4v) is 2.48. The summed E-state index contributed by atoms with van der Waals surface area (Å²) in [5, 5.41) is 6.28. The van der Waals surface area contributed by atoms with E-state index in [1.807, 2.05) is 42.5 Å². The first-order chi connectivity index (χ1) is 11.7. The summed E-state index contributed by atoms with van der Waals surface area (Å²) in [6, 6.07) is 15.1. The van der Waals surface area contributed by atoms with Gasteiger partial charge in [0.15, 0.2) is 0 Å². The number of hydrogen-bond acceptors (Lipinski definition) is 3. The number of rotatable bonds is 5. The van der Waals surface area contributed by atoms with Crippen molar-refractivity contribution < 1.29 is 9.59 Å². The highest BCUT2D eigenvalue weighted by Gasteiger charge is 2.06. The van der Waals surface area contributed by atoms with E-state index in [-0.39, 0.29) is 5.91 Å². The zero-order chi connectivity index (χ0) is 16.9. The van der Waals surface area contributed by atoms with E-state index in [0.29, 0.717) is 17.8 Å². The molecular formula is C19H15N3O2. The standard InChI is InChI=1S/C19H15N3O2/c1-2-19(24)22-15-5-3-4-13(10-15)14-6-7-17-16(11-14)18(21-12-23)8-9-20-17/h2-12H,1H2,(H,22,24)(H,20,21,23). The van der Waals surface area contributed by atoms with E-state index in [1.165, 1.54) is 6.08 Å². The summed E-state index contributed by atoms with van der Waals surface area (Å²) < 4.78 is 0. The van der Waals surface area contributed by atoms with Gasteiger partial charge in [-0.15, -0.1) is 0 Å². The highest BCUT2D eigenvalue weighted by molar-refractivity contribution is 6.00. The molecule has 0 atom stereocenters. The Morgan fingerprint density at radius 2 is 1.92 bits per heavy atom. The number of pyridine rings is 1. The zero-order valence-corrected chi connectivity index (χ0v) is 12.8. The fraction of sp³-hybridized carbons (Fsp3) is 0. The minimum Gasteiger partial charge on any atom is -0.328 e. The number of nitrogens with zero attached hydrogens (tertiary/aromatic N) is 1. The second-order valence-corrected chi connectivity index (χ2v) is 5.13. The van der Waals surface area contributed by atoms with Gasteiger partial charge in [0.25, 0.3) is 0 Å². The quantitative estimate of drug-likeness (QED) is 0.558. The largest absolute Gasteiger partial charge is 0.328 e. The number of fused-ring (bicyclic) bond motifs is 1. The smallest absolute Gasteiger partial charge is 0.247 e. The molecule has 5 heteroatoms. The van der Waals surface area contributed by atoms with Crippen molar-refractivity contribution >= 4 is 34.6 Å². The minimum absolute atomic E-state index is 0.257. The Hall–Kier alpha value is -3.47. The molecule has 24 heavy (non-hydrogen) atoms. The van der Waals surface area contributed by atoms with Crippen LogP contribution in [0.5, 0.6) is 0 Å². The molecule has 0 aliphatic heterocycles. The Morgan fingerprint density at radius 3 is 2.71 bits per heavy atom. The van der Waals surface area contributed by atoms with Gasteiger partial charge in [0, 0.05) is 17.3 Å². The van der Waals surface area contributed by atoms with E-state index >= 15 is 0 Å². The average molecular weight is 317 g/mol. The topological polar surface area (TPSA) is 71.1 Å². The molecule has 0 saturated heterocycles. The van der Waals surface area contributed by atoms with Crippen LogP contribution in [0.3, 0.4) is 0 Å². The van der Waals surface area contributed by atoms with Gasteiger partial charge in [-0.2, -0.15) is 0 Å². The number of benzene rings is 2. The van der Waals surface area contributed by atoms with E-state index in [1.54, 1.807) is 12.3 Å². The molecule has 2 amide bonds. The third-order valence-electron chi connectivity index (χ3n) is 3.60. The Kier molecular flexibility index (Phi) is 4.34. The Balaban J connectivity index is 2.04. The van der Waals surface area contributed by atoms with Crippen molar-refractivity contribution in [3.05, 3.63) is 67.4 Å². The lowest BCUT2D eigenvalue weighted by Gasteiger charge is -2.09. The van der Waals surface area contributed by atoms with Gasteiger partial charge in [-0.3, -0.25) is 14.6 Å². The van der Waals surface area contributed by atoms with Crippen LogP contribution in [0.15, 0.2) is 67.4 Å². The van der Waals surface area contributed by atoms with Crippen molar-refractivity contribution in [1.82, 2.24) is 4.98 Å². The van der Waals surface area contributed by atoms with Crippen molar-refractivity contribution in [2.24, 2.45) is 0 Å². The van der Waals surface area contributed by atoms with Crippen LogP contribution >= 0.6 is 0 Å². The van der Waals surface area contributed by atoms with Crippen molar-refractivity contribution in [3.63, 3.8) is 0 Å². The molecule has 2 aromatic carbocycles. The van der Waals surface area contributed by atoms with Crippen LogP contribution in [0.25, 0.3) is 22.0 Å². The summed E-state index contributed by atoms with van der Waals surface area (Å²) in [5.74, 6) is -0.257. The summed E-state index contributed by atoms with van der Waals surface area (Å²) in [4.78, 5) is 26.5. The Morgan fingerprint density at radius 1 is 1.08 bits per heavy atom. The molecule has 0 spiro atoms. The number of carbonyl (C=O) groups is 2. The molecule has 0 aliphatic carbocycles. The van der Waals surface area contributed by atoms with Gasteiger partial charge in [-0.1, -0.05) is 24.8 Å². The van der Waals surface area contributed by atoms with E-state index in [0.717, 1.165) is 22.0 Å². The summed E-state index contributed by atoms with van der Waals surface area (Å²) in [6.07, 6.45) is 3.53. The normalized spacial score (nSPS) is 10.2. The lowest BCUT2D eigenvalue weighted by molar-refractivity contribution is -0.112. The van der Waals surface area contributed by atoms with Gasteiger partial charge in [-0.25, -0.2) is 0 Å². The molecule has 0 bridgehead atoms. The van der Waals surface area contributed by atoms with Gasteiger partial charge < -0.3 is 10.6 Å². The van der Waals surface area contributed by atoms with Crippen LogP contribution in [0.1, 0.15) is 0 Å². The first-order valence-corrected chi connectivity index (χ1v) is 7.34. The van der Waals surface area contributed by atoms with Crippen molar-refractivity contribution in [2.75, 3.05) is 10.6 Å². The molecule has 1 aromatic heterocycles. The lowest BCUT2D eigenvalue weighted by Crippen LogP contribution is -2.06. The summed E-state index contributed by atoms with van der Waals surface area (Å²) in [5.41, 5.74) is 4.09. The predicted molar refractivity (Wildman–Crippen MR) is 95.7 cm³/mol. The van der Waals surface area contributed by atoms with Crippen LogP contribution in [0.2, 0.25) is 0 Å². The molecule has 0 saturated carbocycles. The van der Waals surface area contributed by atoms with Gasteiger partial charge in [0.05, 0.1) is 11.2 Å². The highest BCUT2D eigenvalue weighted by atomic mass is 16.1. The van der Waals surface area contributed by atoms with Crippen LogP contribution in [0, 0.1) is 0 Å². The van der Waals surface area contributed by atoms with Crippen LogP contribution in [-0.4, -0.2) is 17.3 Å². The molecule has 1 heterocycles. The maximum absolute atomic E-state index is 11.4. The van der Waals surface area contributed by atoms with Crippen molar-refractivity contribution in [1.29, 1.82) is 0 Å². The SMILES string of the molecule is C=CC(=O)Nc1cccc(-c2ccc3nccc(NC=O)c3c2)c1. The number of hydrogen-bond donors (Lipinski definition) is 2. The Bertz CT molecular complexity index is 935. The van der Waals surface area contributed by atoms with Crippen LogP contribution in [0.4, 0.5) is 11.4 Å². The maximum Gasteiger partial charge on any atom is 0.247 e. The lowest BCUT2D eigenvalue weighted by atomic mass is 10.0. The minimum atomic E-state index is -0.257. The second kappa shape index (κ2) is 6.75. The van der Waals surface area contributed by atoms with E-state index in [9.17, 15) is 9.59 Å². The number of aromatic nitrogens is 1.